The highest BCUT2D eigenvalue weighted by Gasteiger charge is 2.23. The molecule has 1 saturated heterocycles. The fourth-order valence-corrected chi connectivity index (χ4v) is 3.72. The summed E-state index contributed by atoms with van der Waals surface area (Å²) < 4.78 is 7.65. The minimum Gasteiger partial charge on any atom is -0.463 e. The Morgan fingerprint density at radius 2 is 2.09 bits per heavy atom. The number of rotatable bonds is 6. The molecule has 3 heterocycles. The number of carbonyl (C=O) groups excluding carboxylic acids is 1. The van der Waals surface area contributed by atoms with Crippen LogP contribution in [0.3, 0.4) is 0 Å². The maximum absolute atomic E-state index is 12.6. The molecule has 0 bridgehead atoms. The van der Waals surface area contributed by atoms with Crippen molar-refractivity contribution in [3.8, 4) is 0 Å². The van der Waals surface area contributed by atoms with Crippen molar-refractivity contribution in [2.45, 2.75) is 38.6 Å². The van der Waals surface area contributed by atoms with E-state index in [4.69, 9.17) is 4.42 Å². The Kier molecular flexibility index (Phi) is 4.12. The van der Waals surface area contributed by atoms with Crippen LogP contribution in [0.4, 0.5) is 0 Å². The van der Waals surface area contributed by atoms with Gasteiger partial charge in [-0.05, 0) is 44.7 Å². The molecule has 0 atom stereocenters. The number of hydrogen-bond acceptors (Lipinski definition) is 3. The molecule has 23 heavy (non-hydrogen) atoms. The first-order valence-electron chi connectivity index (χ1n) is 8.88. The van der Waals surface area contributed by atoms with Crippen LogP contribution in [0, 0.1) is 5.92 Å². The zero-order valence-electron chi connectivity index (χ0n) is 13.6. The van der Waals surface area contributed by atoms with Gasteiger partial charge < -0.3 is 19.2 Å². The molecular weight excluding hydrogens is 290 g/mol. The van der Waals surface area contributed by atoms with E-state index in [9.17, 15) is 4.79 Å². The number of furan rings is 1. The van der Waals surface area contributed by atoms with Crippen LogP contribution in [-0.4, -0.2) is 41.6 Å². The summed E-state index contributed by atoms with van der Waals surface area (Å²) in [5.74, 6) is 0.728. The Balaban J connectivity index is 1.44. The Hall–Kier alpha value is -1.75. The predicted molar refractivity (Wildman–Crippen MR) is 89.6 cm³/mol. The van der Waals surface area contributed by atoms with Crippen LogP contribution in [0.25, 0.3) is 11.1 Å². The summed E-state index contributed by atoms with van der Waals surface area (Å²) >= 11 is 0. The van der Waals surface area contributed by atoms with E-state index in [2.05, 4.69) is 14.8 Å². The van der Waals surface area contributed by atoms with Gasteiger partial charge in [0.25, 0.3) is 5.91 Å². The van der Waals surface area contributed by atoms with E-state index in [0.29, 0.717) is 5.92 Å². The second kappa shape index (κ2) is 6.40. The van der Waals surface area contributed by atoms with Crippen molar-refractivity contribution in [2.75, 3.05) is 26.2 Å². The van der Waals surface area contributed by atoms with Crippen molar-refractivity contribution in [3.05, 3.63) is 24.1 Å². The SMILES string of the molecule is O=C(NCCN1CCCC1)c1cc2occc2n1CC1CCC1. The molecule has 2 aromatic heterocycles. The van der Waals surface area contributed by atoms with Gasteiger partial charge in [0, 0.05) is 31.8 Å². The van der Waals surface area contributed by atoms with Crippen LogP contribution in [0.15, 0.2) is 22.8 Å². The lowest BCUT2D eigenvalue weighted by molar-refractivity contribution is 0.0938. The number of carbonyl (C=O) groups is 1. The summed E-state index contributed by atoms with van der Waals surface area (Å²) in [5.41, 5.74) is 2.60. The summed E-state index contributed by atoms with van der Waals surface area (Å²) in [5, 5.41) is 3.08. The van der Waals surface area contributed by atoms with Crippen LogP contribution in [0.1, 0.15) is 42.6 Å². The van der Waals surface area contributed by atoms with Gasteiger partial charge in [-0.25, -0.2) is 0 Å². The fraction of sp³-hybridized carbons (Fsp3) is 0.611. The molecular formula is C18H25N3O2. The van der Waals surface area contributed by atoms with Gasteiger partial charge >= 0.3 is 0 Å². The Bertz CT molecular complexity index is 678. The first-order chi connectivity index (χ1) is 11.3. The summed E-state index contributed by atoms with van der Waals surface area (Å²) in [6.45, 7) is 4.93. The number of hydrogen-bond donors (Lipinski definition) is 1. The van der Waals surface area contributed by atoms with Crippen molar-refractivity contribution in [2.24, 2.45) is 5.92 Å². The Morgan fingerprint density at radius 3 is 2.83 bits per heavy atom. The third-order valence-electron chi connectivity index (χ3n) is 5.33. The Labute approximate surface area is 136 Å². The van der Waals surface area contributed by atoms with Crippen LogP contribution in [0.5, 0.6) is 0 Å². The van der Waals surface area contributed by atoms with E-state index in [1.165, 1.54) is 45.2 Å². The van der Waals surface area contributed by atoms with Crippen molar-refractivity contribution < 1.29 is 9.21 Å². The maximum atomic E-state index is 12.6. The molecule has 0 aromatic carbocycles. The lowest BCUT2D eigenvalue weighted by Gasteiger charge is -2.26. The molecule has 1 saturated carbocycles. The molecule has 124 valence electrons. The highest BCUT2D eigenvalue weighted by molar-refractivity contribution is 5.97. The van der Waals surface area contributed by atoms with Gasteiger partial charge in [-0.15, -0.1) is 0 Å². The fourth-order valence-electron chi connectivity index (χ4n) is 3.72. The normalized spacial score (nSPS) is 19.3. The van der Waals surface area contributed by atoms with Crippen LogP contribution in [0.2, 0.25) is 0 Å². The average Bonchev–Trinajstić information content (AvgIpc) is 3.20. The zero-order valence-corrected chi connectivity index (χ0v) is 13.6. The van der Waals surface area contributed by atoms with Crippen LogP contribution >= 0.6 is 0 Å². The largest absolute Gasteiger partial charge is 0.463 e. The Morgan fingerprint density at radius 1 is 1.26 bits per heavy atom. The van der Waals surface area contributed by atoms with Crippen LogP contribution < -0.4 is 5.32 Å². The lowest BCUT2D eigenvalue weighted by Crippen LogP contribution is -2.34. The van der Waals surface area contributed by atoms with Crippen molar-refractivity contribution >= 4 is 17.0 Å². The molecule has 2 aliphatic rings. The molecule has 4 rings (SSSR count). The first kappa shape index (κ1) is 14.8. The third kappa shape index (κ3) is 3.02. The average molecular weight is 315 g/mol. The highest BCUT2D eigenvalue weighted by atomic mass is 16.3. The maximum Gasteiger partial charge on any atom is 0.268 e. The lowest BCUT2D eigenvalue weighted by atomic mass is 9.85. The molecule has 5 heteroatoms. The summed E-state index contributed by atoms with van der Waals surface area (Å²) in [7, 11) is 0. The second-order valence-corrected chi connectivity index (χ2v) is 6.91. The van der Waals surface area contributed by atoms with E-state index < -0.39 is 0 Å². The van der Waals surface area contributed by atoms with Gasteiger partial charge in [0.05, 0.1) is 11.8 Å². The van der Waals surface area contributed by atoms with Gasteiger partial charge in [0.1, 0.15) is 5.69 Å². The van der Waals surface area contributed by atoms with Gasteiger partial charge in [0.2, 0.25) is 0 Å². The minimum atomic E-state index is 0.0231. The van der Waals surface area contributed by atoms with E-state index in [1.54, 1.807) is 6.26 Å². The molecule has 0 spiro atoms. The van der Waals surface area contributed by atoms with E-state index in [1.807, 2.05) is 12.1 Å². The molecule has 5 nitrogen and oxygen atoms in total. The van der Waals surface area contributed by atoms with E-state index in [0.717, 1.165) is 36.4 Å². The molecule has 1 amide bonds. The van der Waals surface area contributed by atoms with Crippen molar-refractivity contribution in [3.63, 3.8) is 0 Å². The number of likely N-dealkylation sites (tertiary alicyclic amines) is 1. The molecule has 1 N–H and O–H groups in total. The topological polar surface area (TPSA) is 50.4 Å². The minimum absolute atomic E-state index is 0.0231. The smallest absolute Gasteiger partial charge is 0.268 e. The van der Waals surface area contributed by atoms with Crippen LogP contribution in [-0.2, 0) is 6.54 Å². The standard InChI is InChI=1S/C18H25N3O2/c22-18(19-7-10-20-8-1-2-9-20)16-12-17-15(6-11-23-17)21(16)13-14-4-3-5-14/h6,11-12,14H,1-5,7-10,13H2,(H,19,22). The summed E-state index contributed by atoms with van der Waals surface area (Å²) in [6.07, 6.45) is 8.14. The number of fused-ring (bicyclic) bond motifs is 1. The second-order valence-electron chi connectivity index (χ2n) is 6.91. The number of nitrogens with zero attached hydrogens (tertiary/aromatic N) is 2. The van der Waals surface area contributed by atoms with Gasteiger partial charge in [-0.1, -0.05) is 6.42 Å². The predicted octanol–water partition coefficient (Wildman–Crippen LogP) is 2.86. The number of aromatic nitrogens is 1. The first-order valence-corrected chi connectivity index (χ1v) is 8.88. The molecule has 1 aliphatic carbocycles. The van der Waals surface area contributed by atoms with Gasteiger partial charge in [-0.2, -0.15) is 0 Å². The summed E-state index contributed by atoms with van der Waals surface area (Å²) in [4.78, 5) is 15.0. The molecule has 2 aromatic rings. The third-order valence-corrected chi connectivity index (χ3v) is 5.33. The van der Waals surface area contributed by atoms with Crippen molar-refractivity contribution in [1.29, 1.82) is 0 Å². The monoisotopic (exact) mass is 315 g/mol. The molecule has 0 unspecified atom stereocenters. The van der Waals surface area contributed by atoms with Gasteiger partial charge in [-0.3, -0.25) is 4.79 Å². The van der Waals surface area contributed by atoms with Crippen molar-refractivity contribution in [1.82, 2.24) is 14.8 Å². The zero-order chi connectivity index (χ0) is 15.6. The van der Waals surface area contributed by atoms with E-state index >= 15 is 0 Å². The van der Waals surface area contributed by atoms with E-state index in [-0.39, 0.29) is 5.91 Å². The quantitative estimate of drug-likeness (QED) is 0.892. The molecule has 0 radical (unpaired) electrons. The molecule has 2 fully saturated rings. The highest BCUT2D eigenvalue weighted by Crippen LogP contribution is 2.31. The summed E-state index contributed by atoms with van der Waals surface area (Å²) in [6, 6.07) is 3.86. The molecule has 1 aliphatic heterocycles. The number of nitrogens with one attached hydrogen (secondary N) is 1. The van der Waals surface area contributed by atoms with Gasteiger partial charge in [0.15, 0.2) is 5.58 Å². The number of amides is 1.